The van der Waals surface area contributed by atoms with Crippen molar-refractivity contribution in [3.05, 3.63) is 83.1 Å². The minimum atomic E-state index is -4.85. The number of aryl methyl sites for hydroxylation is 2. The number of ether oxygens (including phenoxy) is 1. The van der Waals surface area contributed by atoms with Gasteiger partial charge >= 0.3 is 12.1 Å². The van der Waals surface area contributed by atoms with Gasteiger partial charge in [-0.25, -0.2) is 19.1 Å². The number of benzene rings is 1. The van der Waals surface area contributed by atoms with E-state index < -0.39 is 29.3 Å². The summed E-state index contributed by atoms with van der Waals surface area (Å²) in [6.45, 7) is 5.18. The zero-order valence-corrected chi connectivity index (χ0v) is 19.5. The van der Waals surface area contributed by atoms with E-state index in [9.17, 15) is 22.8 Å². The molecule has 186 valence electrons. The summed E-state index contributed by atoms with van der Waals surface area (Å²) < 4.78 is 48.1. The lowest BCUT2D eigenvalue weighted by Crippen LogP contribution is -2.18. The van der Waals surface area contributed by atoms with E-state index in [1.165, 1.54) is 37.4 Å². The Bertz CT molecular complexity index is 1410. The second-order valence-corrected chi connectivity index (χ2v) is 7.78. The van der Waals surface area contributed by atoms with Crippen molar-refractivity contribution in [2.24, 2.45) is 0 Å². The maximum absolute atomic E-state index is 13.7. The summed E-state index contributed by atoms with van der Waals surface area (Å²) in [6, 6.07) is 10.7. The molecule has 4 rings (SSSR count). The second kappa shape index (κ2) is 9.64. The van der Waals surface area contributed by atoms with Crippen LogP contribution in [0.3, 0.4) is 0 Å². The van der Waals surface area contributed by atoms with E-state index in [2.05, 4.69) is 20.5 Å². The zero-order valence-electron chi connectivity index (χ0n) is 19.5. The molecule has 3 heterocycles. The fourth-order valence-electron chi connectivity index (χ4n) is 3.57. The van der Waals surface area contributed by atoms with Crippen LogP contribution < -0.4 is 5.32 Å². The highest BCUT2D eigenvalue weighted by Crippen LogP contribution is 2.34. The molecule has 0 spiro atoms. The fourth-order valence-corrected chi connectivity index (χ4v) is 3.57. The number of pyridine rings is 1. The van der Waals surface area contributed by atoms with Gasteiger partial charge in [0.05, 0.1) is 29.7 Å². The molecule has 0 saturated heterocycles. The summed E-state index contributed by atoms with van der Waals surface area (Å²) in [4.78, 5) is 28.9. The Kier molecular flexibility index (Phi) is 6.60. The van der Waals surface area contributed by atoms with Crippen molar-refractivity contribution >= 4 is 17.6 Å². The highest BCUT2D eigenvalue weighted by molar-refractivity contribution is 6.04. The normalized spacial score (nSPS) is 11.4. The Labute approximate surface area is 203 Å². The molecule has 0 radical (unpaired) electrons. The van der Waals surface area contributed by atoms with Crippen molar-refractivity contribution < 1.29 is 27.5 Å². The van der Waals surface area contributed by atoms with Gasteiger partial charge in [-0.05, 0) is 63.2 Å². The van der Waals surface area contributed by atoms with Crippen LogP contribution in [0.4, 0.5) is 18.9 Å². The Morgan fingerprint density at radius 3 is 2.31 bits per heavy atom. The van der Waals surface area contributed by atoms with E-state index in [4.69, 9.17) is 4.74 Å². The van der Waals surface area contributed by atoms with E-state index >= 15 is 0 Å². The SMILES string of the molecule is CCOC(=O)c1cnn(-c2ccc(NC(=O)c3ccc(-n4nc(C)cc4C)nc3)cc2)c1C(F)(F)F. The van der Waals surface area contributed by atoms with Gasteiger partial charge in [0.2, 0.25) is 0 Å². The van der Waals surface area contributed by atoms with Gasteiger partial charge in [-0.15, -0.1) is 0 Å². The number of halogens is 3. The van der Waals surface area contributed by atoms with Gasteiger partial charge in [-0.2, -0.15) is 23.4 Å². The number of carbonyl (C=O) groups is 2. The molecular weight excluding hydrogens is 477 g/mol. The average molecular weight is 498 g/mol. The van der Waals surface area contributed by atoms with Crippen LogP contribution in [0.15, 0.2) is 54.9 Å². The lowest BCUT2D eigenvalue weighted by atomic mass is 10.2. The zero-order chi connectivity index (χ0) is 26.0. The third kappa shape index (κ3) is 4.97. The fraction of sp³-hybridized carbons (Fsp3) is 0.208. The maximum Gasteiger partial charge on any atom is 0.434 e. The minimum absolute atomic E-state index is 0.0479. The van der Waals surface area contributed by atoms with Crippen LogP contribution >= 0.6 is 0 Å². The van der Waals surface area contributed by atoms with E-state index in [1.54, 1.807) is 16.8 Å². The molecule has 9 nitrogen and oxygen atoms in total. The van der Waals surface area contributed by atoms with Crippen molar-refractivity contribution in [2.45, 2.75) is 26.9 Å². The van der Waals surface area contributed by atoms with Crippen LogP contribution in [0.1, 0.15) is 44.7 Å². The number of esters is 1. The monoisotopic (exact) mass is 498 g/mol. The van der Waals surface area contributed by atoms with Crippen LogP contribution in [0.5, 0.6) is 0 Å². The van der Waals surface area contributed by atoms with Crippen molar-refractivity contribution in [1.82, 2.24) is 24.5 Å². The predicted molar refractivity (Wildman–Crippen MR) is 123 cm³/mol. The molecule has 3 aromatic heterocycles. The quantitative estimate of drug-likeness (QED) is 0.392. The summed E-state index contributed by atoms with van der Waals surface area (Å²) in [6.07, 6.45) is -2.62. The summed E-state index contributed by atoms with van der Waals surface area (Å²) in [5, 5.41) is 10.7. The van der Waals surface area contributed by atoms with E-state index in [0.717, 1.165) is 17.6 Å². The molecule has 1 amide bonds. The van der Waals surface area contributed by atoms with Crippen LogP contribution in [0.25, 0.3) is 11.5 Å². The number of carbonyl (C=O) groups excluding carboxylic acids is 2. The number of aromatic nitrogens is 5. The van der Waals surface area contributed by atoms with Gasteiger partial charge in [0, 0.05) is 17.6 Å². The van der Waals surface area contributed by atoms with Crippen LogP contribution in [0, 0.1) is 13.8 Å². The summed E-state index contributed by atoms with van der Waals surface area (Å²) in [7, 11) is 0. The molecule has 0 fully saturated rings. The Balaban J connectivity index is 1.52. The molecule has 1 aromatic carbocycles. The topological polar surface area (TPSA) is 104 Å². The Morgan fingerprint density at radius 2 is 1.75 bits per heavy atom. The van der Waals surface area contributed by atoms with Gasteiger partial charge in [-0.1, -0.05) is 0 Å². The molecule has 0 bridgehead atoms. The molecular formula is C24H21F3N6O3. The van der Waals surface area contributed by atoms with Gasteiger partial charge in [0.25, 0.3) is 5.91 Å². The first-order chi connectivity index (χ1) is 17.1. The highest BCUT2D eigenvalue weighted by atomic mass is 19.4. The van der Waals surface area contributed by atoms with Crippen molar-refractivity contribution in [2.75, 3.05) is 11.9 Å². The molecule has 0 atom stereocenters. The number of hydrogen-bond donors (Lipinski definition) is 1. The minimum Gasteiger partial charge on any atom is -0.462 e. The highest BCUT2D eigenvalue weighted by Gasteiger charge is 2.41. The first-order valence-electron chi connectivity index (χ1n) is 10.8. The number of anilines is 1. The first kappa shape index (κ1) is 24.6. The standard InChI is InChI=1S/C24H21F3N6O3/c1-4-36-23(35)19-13-29-33(21(19)24(25,26)27)18-8-6-17(7-9-18)30-22(34)16-5-10-20(28-12-16)32-15(3)11-14(2)31-32/h5-13H,4H2,1-3H3,(H,30,34). The molecule has 1 N–H and O–H groups in total. The molecule has 0 aliphatic rings. The number of alkyl halides is 3. The van der Waals surface area contributed by atoms with Gasteiger partial charge < -0.3 is 10.1 Å². The number of nitrogens with zero attached hydrogens (tertiary/aromatic N) is 5. The van der Waals surface area contributed by atoms with Crippen molar-refractivity contribution in [1.29, 1.82) is 0 Å². The van der Waals surface area contributed by atoms with Gasteiger partial charge in [-0.3, -0.25) is 4.79 Å². The maximum atomic E-state index is 13.7. The first-order valence-corrected chi connectivity index (χ1v) is 10.8. The third-order valence-corrected chi connectivity index (χ3v) is 5.14. The van der Waals surface area contributed by atoms with E-state index in [-0.39, 0.29) is 17.9 Å². The number of rotatable bonds is 6. The number of amides is 1. The summed E-state index contributed by atoms with van der Waals surface area (Å²) in [5.74, 6) is -1.00. The number of nitrogens with one attached hydrogen (secondary N) is 1. The molecule has 0 aliphatic carbocycles. The average Bonchev–Trinajstić information content (AvgIpc) is 3.43. The van der Waals surface area contributed by atoms with Gasteiger partial charge in [0.1, 0.15) is 5.56 Å². The molecule has 0 aliphatic heterocycles. The molecule has 0 unspecified atom stereocenters. The summed E-state index contributed by atoms with van der Waals surface area (Å²) in [5.41, 5.74) is 0.496. The van der Waals surface area contributed by atoms with Crippen molar-refractivity contribution in [3.63, 3.8) is 0 Å². The molecule has 0 saturated carbocycles. The Morgan fingerprint density at radius 1 is 1.03 bits per heavy atom. The van der Waals surface area contributed by atoms with Crippen LogP contribution in [-0.4, -0.2) is 43.0 Å². The lowest BCUT2D eigenvalue weighted by molar-refractivity contribution is -0.143. The third-order valence-electron chi connectivity index (χ3n) is 5.14. The number of hydrogen-bond acceptors (Lipinski definition) is 6. The second-order valence-electron chi connectivity index (χ2n) is 7.78. The largest absolute Gasteiger partial charge is 0.462 e. The smallest absolute Gasteiger partial charge is 0.434 e. The molecule has 36 heavy (non-hydrogen) atoms. The van der Waals surface area contributed by atoms with E-state index in [1.807, 2.05) is 19.9 Å². The Hall–Kier alpha value is -4.48. The van der Waals surface area contributed by atoms with Crippen molar-refractivity contribution in [3.8, 4) is 11.5 Å². The summed E-state index contributed by atoms with van der Waals surface area (Å²) >= 11 is 0. The molecule has 4 aromatic rings. The van der Waals surface area contributed by atoms with Gasteiger partial charge in [0.15, 0.2) is 11.5 Å². The van der Waals surface area contributed by atoms with E-state index in [0.29, 0.717) is 16.2 Å². The van der Waals surface area contributed by atoms with Crippen LogP contribution in [0.2, 0.25) is 0 Å². The molecule has 12 heteroatoms. The predicted octanol–water partition coefficient (Wildman–Crippen LogP) is 4.52. The van der Waals surface area contributed by atoms with Crippen LogP contribution in [-0.2, 0) is 10.9 Å². The lowest BCUT2D eigenvalue weighted by Gasteiger charge is -2.13.